The molecular weight excluding hydrogens is 528 g/mol. The molecular formula is C22H16Cl3F3N6O. The molecule has 182 valence electrons. The van der Waals surface area contributed by atoms with Gasteiger partial charge in [0.25, 0.3) is 0 Å². The SMILES string of the molecule is N[C@@H](Oc1cc2c(-c3cnc(N4CCC4)c(C(F)(F)F)c3)n[nH]c2cc1Cl)c1c(Cl)cncc1Cl. The van der Waals surface area contributed by atoms with Gasteiger partial charge in [0.05, 0.1) is 26.1 Å². The Morgan fingerprint density at radius 1 is 1.03 bits per heavy atom. The number of hydrogen-bond acceptors (Lipinski definition) is 6. The van der Waals surface area contributed by atoms with Gasteiger partial charge in [-0.2, -0.15) is 18.3 Å². The van der Waals surface area contributed by atoms with Crippen molar-refractivity contribution in [2.45, 2.75) is 18.8 Å². The average molecular weight is 544 g/mol. The summed E-state index contributed by atoms with van der Waals surface area (Å²) in [5.41, 5.74) is 6.58. The van der Waals surface area contributed by atoms with Crippen molar-refractivity contribution in [3.8, 4) is 17.0 Å². The van der Waals surface area contributed by atoms with Gasteiger partial charge in [-0.1, -0.05) is 34.8 Å². The first-order valence-electron chi connectivity index (χ1n) is 10.3. The molecule has 0 unspecified atom stereocenters. The van der Waals surface area contributed by atoms with Crippen LogP contribution in [0.4, 0.5) is 19.0 Å². The van der Waals surface area contributed by atoms with Crippen molar-refractivity contribution in [3.63, 3.8) is 0 Å². The number of halogens is 6. The summed E-state index contributed by atoms with van der Waals surface area (Å²) in [4.78, 5) is 9.59. The van der Waals surface area contributed by atoms with Crippen LogP contribution >= 0.6 is 34.8 Å². The minimum Gasteiger partial charge on any atom is -0.470 e. The molecule has 0 amide bonds. The number of anilines is 1. The summed E-state index contributed by atoms with van der Waals surface area (Å²) in [6.45, 7) is 1.07. The van der Waals surface area contributed by atoms with Crippen LogP contribution < -0.4 is 15.4 Å². The molecule has 4 heterocycles. The Bertz CT molecular complexity index is 1400. The van der Waals surface area contributed by atoms with Gasteiger partial charge in [-0.3, -0.25) is 15.8 Å². The molecule has 0 saturated carbocycles. The highest BCUT2D eigenvalue weighted by Gasteiger charge is 2.37. The van der Waals surface area contributed by atoms with Crippen LogP contribution in [0.1, 0.15) is 23.8 Å². The molecule has 5 rings (SSSR count). The standard InChI is InChI=1S/C22H16Cl3F3N6O/c23-13-6-16-11(5-17(13)35-20(29)18-14(24)8-30-9-15(18)25)19(33-32-16)10-4-12(22(26,27)28)21(31-7-10)34-2-1-3-34/h4-9,20H,1-3,29H2,(H,32,33)/t20-/m0/s1. The quantitative estimate of drug-likeness (QED) is 0.289. The highest BCUT2D eigenvalue weighted by molar-refractivity contribution is 6.36. The fraction of sp³-hybridized carbons (Fsp3) is 0.227. The highest BCUT2D eigenvalue weighted by atomic mass is 35.5. The lowest BCUT2D eigenvalue weighted by atomic mass is 10.1. The first-order chi connectivity index (χ1) is 16.6. The predicted octanol–water partition coefficient (Wildman–Crippen LogP) is 6.25. The van der Waals surface area contributed by atoms with E-state index < -0.39 is 18.0 Å². The molecule has 0 spiro atoms. The van der Waals surface area contributed by atoms with Crippen LogP contribution in [0.25, 0.3) is 22.2 Å². The van der Waals surface area contributed by atoms with Crippen LogP contribution in [0.3, 0.4) is 0 Å². The van der Waals surface area contributed by atoms with Crippen molar-refractivity contribution in [1.29, 1.82) is 0 Å². The number of aromatic amines is 1. The van der Waals surface area contributed by atoms with Gasteiger partial charge in [-0.25, -0.2) is 4.98 Å². The summed E-state index contributed by atoms with van der Waals surface area (Å²) in [7, 11) is 0. The van der Waals surface area contributed by atoms with Crippen molar-refractivity contribution < 1.29 is 17.9 Å². The maximum absolute atomic E-state index is 13.8. The lowest BCUT2D eigenvalue weighted by Crippen LogP contribution is -2.39. The molecule has 1 atom stereocenters. The monoisotopic (exact) mass is 542 g/mol. The molecule has 35 heavy (non-hydrogen) atoms. The van der Waals surface area contributed by atoms with Gasteiger partial charge in [0.1, 0.15) is 17.3 Å². The predicted molar refractivity (Wildman–Crippen MR) is 128 cm³/mol. The molecule has 1 aliphatic rings. The number of aromatic nitrogens is 4. The van der Waals surface area contributed by atoms with Crippen LogP contribution in [-0.2, 0) is 6.18 Å². The normalized spacial score (nSPS) is 14.8. The fourth-order valence-electron chi connectivity index (χ4n) is 3.79. The smallest absolute Gasteiger partial charge is 0.419 e. The molecule has 3 aromatic heterocycles. The summed E-state index contributed by atoms with van der Waals surface area (Å²) < 4.78 is 47.3. The molecule has 1 aromatic carbocycles. The van der Waals surface area contributed by atoms with Crippen molar-refractivity contribution in [1.82, 2.24) is 20.2 Å². The zero-order chi connectivity index (χ0) is 24.9. The first kappa shape index (κ1) is 23.9. The zero-order valence-electron chi connectivity index (χ0n) is 17.7. The Kier molecular flexibility index (Phi) is 6.16. The second kappa shape index (κ2) is 9.02. The number of benzene rings is 1. The molecule has 0 aliphatic carbocycles. The lowest BCUT2D eigenvalue weighted by Gasteiger charge is -2.33. The molecule has 1 fully saturated rings. The van der Waals surface area contributed by atoms with E-state index in [1.807, 2.05) is 0 Å². The summed E-state index contributed by atoms with van der Waals surface area (Å²) in [5.74, 6) is 0.0796. The number of nitrogens with two attached hydrogens (primary N) is 1. The van der Waals surface area contributed by atoms with E-state index in [9.17, 15) is 13.2 Å². The number of nitrogens with zero attached hydrogens (tertiary/aromatic N) is 4. The Hall–Kier alpha value is -2.79. The van der Waals surface area contributed by atoms with E-state index in [0.29, 0.717) is 29.6 Å². The highest BCUT2D eigenvalue weighted by Crippen LogP contribution is 2.41. The zero-order valence-corrected chi connectivity index (χ0v) is 20.0. The molecule has 0 bridgehead atoms. The van der Waals surface area contributed by atoms with Gasteiger partial charge in [0, 0.05) is 48.2 Å². The van der Waals surface area contributed by atoms with Gasteiger partial charge in [0.2, 0.25) is 0 Å². The van der Waals surface area contributed by atoms with E-state index in [1.54, 1.807) is 4.90 Å². The molecule has 1 saturated heterocycles. The Balaban J connectivity index is 1.55. The van der Waals surface area contributed by atoms with Gasteiger partial charge < -0.3 is 9.64 Å². The third-order valence-electron chi connectivity index (χ3n) is 5.65. The average Bonchev–Trinajstić information content (AvgIpc) is 3.14. The number of nitrogens with one attached hydrogen (secondary N) is 1. The van der Waals surface area contributed by atoms with Crippen molar-refractivity contribution in [2.24, 2.45) is 5.73 Å². The van der Waals surface area contributed by atoms with Crippen LogP contribution in [0.5, 0.6) is 5.75 Å². The molecule has 7 nitrogen and oxygen atoms in total. The number of ether oxygens (including phenoxy) is 1. The third kappa shape index (κ3) is 4.47. The van der Waals surface area contributed by atoms with E-state index in [0.717, 1.165) is 12.5 Å². The number of H-pyrrole nitrogens is 1. The summed E-state index contributed by atoms with van der Waals surface area (Å²) in [6, 6.07) is 4.13. The van der Waals surface area contributed by atoms with E-state index in [4.69, 9.17) is 45.3 Å². The number of rotatable bonds is 5. The van der Waals surface area contributed by atoms with E-state index in [1.165, 1.54) is 30.7 Å². The maximum atomic E-state index is 13.8. The molecule has 3 N–H and O–H groups in total. The second-order valence-electron chi connectivity index (χ2n) is 7.89. The number of pyridine rings is 2. The van der Waals surface area contributed by atoms with Crippen molar-refractivity contribution >= 4 is 51.5 Å². The Labute approximate surface area is 212 Å². The molecule has 0 radical (unpaired) electrons. The van der Waals surface area contributed by atoms with E-state index >= 15 is 0 Å². The summed E-state index contributed by atoms with van der Waals surface area (Å²) in [5, 5.41) is 8.07. The second-order valence-corrected chi connectivity index (χ2v) is 9.11. The minimum atomic E-state index is -4.58. The molecule has 1 aliphatic heterocycles. The maximum Gasteiger partial charge on any atom is 0.419 e. The largest absolute Gasteiger partial charge is 0.470 e. The van der Waals surface area contributed by atoms with Crippen LogP contribution in [0, 0.1) is 0 Å². The number of alkyl halides is 3. The van der Waals surface area contributed by atoms with E-state index in [2.05, 4.69) is 20.2 Å². The van der Waals surface area contributed by atoms with Gasteiger partial charge in [0.15, 0.2) is 6.23 Å². The van der Waals surface area contributed by atoms with Crippen LogP contribution in [0.15, 0.2) is 36.8 Å². The number of fused-ring (bicyclic) bond motifs is 1. The number of hydrogen-bond donors (Lipinski definition) is 2. The Morgan fingerprint density at radius 3 is 2.37 bits per heavy atom. The topological polar surface area (TPSA) is 93.0 Å². The van der Waals surface area contributed by atoms with Crippen molar-refractivity contribution in [2.75, 3.05) is 18.0 Å². The minimum absolute atomic E-state index is 0.0866. The van der Waals surface area contributed by atoms with Crippen LogP contribution in [0.2, 0.25) is 15.1 Å². The van der Waals surface area contributed by atoms with E-state index in [-0.39, 0.29) is 37.9 Å². The molecule has 13 heteroatoms. The van der Waals surface area contributed by atoms with Crippen molar-refractivity contribution in [3.05, 3.63) is 63.0 Å². The third-order valence-corrected chi connectivity index (χ3v) is 6.54. The van der Waals surface area contributed by atoms with Crippen LogP contribution in [-0.4, -0.2) is 33.3 Å². The van der Waals surface area contributed by atoms with Gasteiger partial charge in [-0.05, 0) is 24.6 Å². The lowest BCUT2D eigenvalue weighted by molar-refractivity contribution is -0.137. The van der Waals surface area contributed by atoms with Gasteiger partial charge >= 0.3 is 6.18 Å². The van der Waals surface area contributed by atoms with Gasteiger partial charge in [-0.15, -0.1) is 0 Å². The Morgan fingerprint density at radius 2 is 1.74 bits per heavy atom. The fourth-order valence-corrected chi connectivity index (χ4v) is 4.58. The molecule has 4 aromatic rings. The summed E-state index contributed by atoms with van der Waals surface area (Å²) >= 11 is 18.7. The first-order valence-corrected chi connectivity index (χ1v) is 11.5. The summed E-state index contributed by atoms with van der Waals surface area (Å²) in [6.07, 6.45) is -0.715.